The number of carbonyl (C=O) groups excluding carboxylic acids is 3. The van der Waals surface area contributed by atoms with Crippen LogP contribution in [0.1, 0.15) is 39.1 Å². The van der Waals surface area contributed by atoms with Crippen LogP contribution in [0.4, 0.5) is 5.69 Å². The van der Waals surface area contributed by atoms with Crippen molar-refractivity contribution in [1.82, 2.24) is 4.90 Å². The molecule has 0 aliphatic carbocycles. The Bertz CT molecular complexity index is 921. The summed E-state index contributed by atoms with van der Waals surface area (Å²) >= 11 is 5.96. The van der Waals surface area contributed by atoms with E-state index in [1.54, 1.807) is 41.3 Å². The third-order valence-electron chi connectivity index (χ3n) is 5.01. The molecule has 0 unspecified atom stereocenters. The molecule has 0 saturated carbocycles. The van der Waals surface area contributed by atoms with Gasteiger partial charge in [0, 0.05) is 29.6 Å². The van der Waals surface area contributed by atoms with Crippen molar-refractivity contribution in [2.45, 2.75) is 19.8 Å². The molecule has 2 aromatic rings. The van der Waals surface area contributed by atoms with Gasteiger partial charge in [-0.1, -0.05) is 29.8 Å². The molecule has 0 bridgehead atoms. The first-order chi connectivity index (χ1) is 13.4. The van der Waals surface area contributed by atoms with Crippen LogP contribution >= 0.6 is 11.6 Å². The van der Waals surface area contributed by atoms with E-state index in [-0.39, 0.29) is 23.6 Å². The van der Waals surface area contributed by atoms with Crippen molar-refractivity contribution in [2.24, 2.45) is 11.7 Å². The topological polar surface area (TPSA) is 92.5 Å². The van der Waals surface area contributed by atoms with Crippen molar-refractivity contribution in [3.63, 3.8) is 0 Å². The molecule has 28 heavy (non-hydrogen) atoms. The number of likely N-dealkylation sites (tertiary alicyclic amines) is 1. The smallest absolute Gasteiger partial charge is 0.256 e. The lowest BCUT2D eigenvalue weighted by Crippen LogP contribution is -2.42. The molecular weight excluding hydrogens is 378 g/mol. The van der Waals surface area contributed by atoms with Crippen LogP contribution < -0.4 is 11.1 Å². The van der Waals surface area contributed by atoms with E-state index >= 15 is 0 Å². The van der Waals surface area contributed by atoms with Crippen LogP contribution in [-0.2, 0) is 4.79 Å². The molecular formula is C21H22ClN3O3. The van der Waals surface area contributed by atoms with Crippen molar-refractivity contribution in [3.05, 3.63) is 64.2 Å². The summed E-state index contributed by atoms with van der Waals surface area (Å²) in [5.74, 6) is -1.02. The summed E-state index contributed by atoms with van der Waals surface area (Å²) in [7, 11) is 0. The maximum absolute atomic E-state index is 13.1. The van der Waals surface area contributed by atoms with Gasteiger partial charge >= 0.3 is 0 Å². The predicted molar refractivity (Wildman–Crippen MR) is 108 cm³/mol. The molecule has 1 fully saturated rings. The summed E-state index contributed by atoms with van der Waals surface area (Å²) < 4.78 is 0. The minimum Gasteiger partial charge on any atom is -0.369 e. The lowest BCUT2D eigenvalue weighted by atomic mass is 9.95. The van der Waals surface area contributed by atoms with Gasteiger partial charge in [0.1, 0.15) is 0 Å². The Kier molecular flexibility index (Phi) is 5.99. The largest absolute Gasteiger partial charge is 0.369 e. The molecule has 0 spiro atoms. The number of carbonyl (C=O) groups is 3. The number of hydrogen-bond acceptors (Lipinski definition) is 3. The van der Waals surface area contributed by atoms with Gasteiger partial charge in [0.25, 0.3) is 11.8 Å². The minimum atomic E-state index is -0.338. The van der Waals surface area contributed by atoms with Gasteiger partial charge < -0.3 is 16.0 Å². The number of hydrogen-bond donors (Lipinski definition) is 2. The van der Waals surface area contributed by atoms with Crippen LogP contribution in [0.2, 0.25) is 5.02 Å². The van der Waals surface area contributed by atoms with Gasteiger partial charge in [0.15, 0.2) is 0 Å². The third-order valence-corrected chi connectivity index (χ3v) is 5.24. The lowest BCUT2D eigenvalue weighted by molar-refractivity contribution is -0.123. The molecule has 1 saturated heterocycles. The molecule has 3 N–H and O–H groups in total. The van der Waals surface area contributed by atoms with Crippen molar-refractivity contribution >= 4 is 35.0 Å². The number of aryl methyl sites for hydroxylation is 1. The highest BCUT2D eigenvalue weighted by molar-refractivity contribution is 6.31. The lowest BCUT2D eigenvalue weighted by Gasteiger charge is -2.31. The van der Waals surface area contributed by atoms with E-state index in [0.717, 1.165) is 5.56 Å². The number of nitrogens with one attached hydrogen (secondary N) is 1. The minimum absolute atomic E-state index is 0.164. The molecule has 0 radical (unpaired) electrons. The summed E-state index contributed by atoms with van der Waals surface area (Å²) in [6, 6.07) is 11.9. The predicted octanol–water partition coefficient (Wildman–Crippen LogP) is 3.24. The number of piperidine rings is 1. The van der Waals surface area contributed by atoms with E-state index in [4.69, 9.17) is 17.3 Å². The highest BCUT2D eigenvalue weighted by Gasteiger charge is 2.28. The van der Waals surface area contributed by atoms with Crippen molar-refractivity contribution in [1.29, 1.82) is 0 Å². The highest BCUT2D eigenvalue weighted by atomic mass is 35.5. The Morgan fingerprint density at radius 2 is 1.79 bits per heavy atom. The third kappa shape index (κ3) is 4.34. The SMILES string of the molecule is Cc1cccc(NC(=O)c2cccc(Cl)c2)c1C(=O)N1CCC(C(N)=O)CC1. The molecule has 1 heterocycles. The van der Waals surface area contributed by atoms with Crippen LogP contribution in [0.25, 0.3) is 0 Å². The van der Waals surface area contributed by atoms with Gasteiger partial charge in [-0.3, -0.25) is 14.4 Å². The van der Waals surface area contributed by atoms with Crippen molar-refractivity contribution in [3.8, 4) is 0 Å². The molecule has 1 aliphatic heterocycles. The highest BCUT2D eigenvalue weighted by Crippen LogP contribution is 2.25. The first kappa shape index (κ1) is 19.9. The van der Waals surface area contributed by atoms with Crippen LogP contribution in [0, 0.1) is 12.8 Å². The Labute approximate surface area is 168 Å². The molecule has 7 heteroatoms. The van der Waals surface area contributed by atoms with E-state index in [2.05, 4.69) is 5.32 Å². The van der Waals surface area contributed by atoms with Gasteiger partial charge in [-0.2, -0.15) is 0 Å². The number of primary amides is 1. The van der Waals surface area contributed by atoms with Crippen LogP contribution in [0.15, 0.2) is 42.5 Å². The second kappa shape index (κ2) is 8.44. The summed E-state index contributed by atoms with van der Waals surface area (Å²) in [6.45, 7) is 2.75. The van der Waals surface area contributed by atoms with E-state index in [1.165, 1.54) is 0 Å². The molecule has 146 valence electrons. The molecule has 1 aliphatic rings. The van der Waals surface area contributed by atoms with E-state index in [9.17, 15) is 14.4 Å². The summed E-state index contributed by atoms with van der Waals surface area (Å²) in [5, 5.41) is 3.29. The van der Waals surface area contributed by atoms with E-state index in [1.807, 2.05) is 13.0 Å². The molecule has 3 amide bonds. The first-order valence-electron chi connectivity index (χ1n) is 9.12. The Balaban J connectivity index is 1.81. The second-order valence-electron chi connectivity index (χ2n) is 6.93. The second-order valence-corrected chi connectivity index (χ2v) is 7.37. The number of amides is 3. The fraction of sp³-hybridized carbons (Fsp3) is 0.286. The quantitative estimate of drug-likeness (QED) is 0.826. The number of halogens is 1. The summed E-state index contributed by atoms with van der Waals surface area (Å²) in [5.41, 5.74) is 7.46. The Morgan fingerprint density at radius 1 is 1.11 bits per heavy atom. The van der Waals surface area contributed by atoms with E-state index in [0.29, 0.717) is 47.8 Å². The molecule has 3 rings (SSSR count). The van der Waals surface area contributed by atoms with Crippen LogP contribution in [0.5, 0.6) is 0 Å². The zero-order valence-corrected chi connectivity index (χ0v) is 16.3. The summed E-state index contributed by atoms with van der Waals surface area (Å²) in [4.78, 5) is 38.8. The average molecular weight is 400 g/mol. The zero-order chi connectivity index (χ0) is 20.3. The number of benzene rings is 2. The Hall–Kier alpha value is -2.86. The molecule has 0 aromatic heterocycles. The van der Waals surface area contributed by atoms with Gasteiger partial charge in [0.05, 0.1) is 11.3 Å². The van der Waals surface area contributed by atoms with Gasteiger partial charge in [-0.15, -0.1) is 0 Å². The van der Waals surface area contributed by atoms with Crippen molar-refractivity contribution < 1.29 is 14.4 Å². The number of nitrogens with zero attached hydrogens (tertiary/aromatic N) is 1. The number of nitrogens with two attached hydrogens (primary N) is 1. The average Bonchev–Trinajstić information content (AvgIpc) is 2.67. The van der Waals surface area contributed by atoms with Crippen LogP contribution in [0.3, 0.4) is 0 Å². The summed E-state index contributed by atoms with van der Waals surface area (Å²) in [6.07, 6.45) is 1.11. The maximum atomic E-state index is 13.1. The van der Waals surface area contributed by atoms with Crippen LogP contribution in [-0.4, -0.2) is 35.7 Å². The first-order valence-corrected chi connectivity index (χ1v) is 9.49. The fourth-order valence-electron chi connectivity index (χ4n) is 3.41. The fourth-order valence-corrected chi connectivity index (χ4v) is 3.60. The number of anilines is 1. The van der Waals surface area contributed by atoms with Gasteiger partial charge in [0.2, 0.25) is 5.91 Å². The number of rotatable bonds is 4. The molecule has 0 atom stereocenters. The molecule has 6 nitrogen and oxygen atoms in total. The van der Waals surface area contributed by atoms with Crippen molar-refractivity contribution in [2.75, 3.05) is 18.4 Å². The van der Waals surface area contributed by atoms with E-state index < -0.39 is 0 Å². The Morgan fingerprint density at radius 3 is 2.43 bits per heavy atom. The normalized spacial score (nSPS) is 14.6. The van der Waals surface area contributed by atoms with Gasteiger partial charge in [-0.05, 0) is 49.6 Å². The maximum Gasteiger partial charge on any atom is 0.256 e. The monoisotopic (exact) mass is 399 g/mol. The zero-order valence-electron chi connectivity index (χ0n) is 15.6. The van der Waals surface area contributed by atoms with Gasteiger partial charge in [-0.25, -0.2) is 0 Å². The standard InChI is InChI=1S/C21H22ClN3O3/c1-13-4-2-7-17(24-20(27)15-5-3-6-16(22)12-15)18(13)21(28)25-10-8-14(9-11-25)19(23)26/h2-7,12,14H,8-11H2,1H3,(H2,23,26)(H,24,27). The molecule has 2 aromatic carbocycles.